The highest BCUT2D eigenvalue weighted by atomic mass is 19.1. The van der Waals surface area contributed by atoms with Crippen molar-refractivity contribution < 1.29 is 14.0 Å². The van der Waals surface area contributed by atoms with Crippen LogP contribution in [0.3, 0.4) is 0 Å². The molecular formula is C19H20FN3O2. The molecule has 0 atom stereocenters. The molecule has 0 heterocycles. The van der Waals surface area contributed by atoms with E-state index in [2.05, 4.69) is 36.6 Å². The first-order chi connectivity index (χ1) is 11.8. The molecule has 0 saturated carbocycles. The van der Waals surface area contributed by atoms with Crippen LogP contribution in [0, 0.1) is 5.82 Å². The molecule has 0 spiro atoms. The molecule has 0 unspecified atom stereocenters. The summed E-state index contributed by atoms with van der Waals surface area (Å²) in [7, 11) is 0. The van der Waals surface area contributed by atoms with Crippen LogP contribution < -0.4 is 10.7 Å². The van der Waals surface area contributed by atoms with E-state index >= 15 is 0 Å². The van der Waals surface area contributed by atoms with Crippen molar-refractivity contribution in [3.8, 4) is 0 Å². The molecule has 0 aromatic heterocycles. The Morgan fingerprint density at radius 2 is 1.64 bits per heavy atom. The van der Waals surface area contributed by atoms with Gasteiger partial charge in [-0.05, 0) is 28.7 Å². The molecule has 0 radical (unpaired) electrons. The van der Waals surface area contributed by atoms with Gasteiger partial charge in [0.05, 0.1) is 11.9 Å². The number of amides is 2. The summed E-state index contributed by atoms with van der Waals surface area (Å²) in [5.74, 6) is -2.60. The Kier molecular flexibility index (Phi) is 5.64. The summed E-state index contributed by atoms with van der Waals surface area (Å²) in [6, 6.07) is 13.3. The average Bonchev–Trinajstić information content (AvgIpc) is 2.56. The van der Waals surface area contributed by atoms with E-state index < -0.39 is 17.6 Å². The molecule has 2 aromatic carbocycles. The summed E-state index contributed by atoms with van der Waals surface area (Å²) in [6.07, 6.45) is 1.43. The predicted octanol–water partition coefficient (Wildman–Crippen LogP) is 3.21. The van der Waals surface area contributed by atoms with Crippen molar-refractivity contribution in [3.63, 3.8) is 0 Å². The van der Waals surface area contributed by atoms with Crippen LogP contribution in [0.25, 0.3) is 0 Å². The van der Waals surface area contributed by atoms with Crippen LogP contribution in [0.4, 0.5) is 10.1 Å². The Morgan fingerprint density at radius 3 is 2.24 bits per heavy atom. The minimum Gasteiger partial charge on any atom is -0.315 e. The van der Waals surface area contributed by atoms with Gasteiger partial charge >= 0.3 is 11.8 Å². The van der Waals surface area contributed by atoms with Crippen molar-refractivity contribution in [2.75, 3.05) is 5.32 Å². The fourth-order valence-corrected chi connectivity index (χ4v) is 2.03. The van der Waals surface area contributed by atoms with Gasteiger partial charge < -0.3 is 5.32 Å². The predicted molar refractivity (Wildman–Crippen MR) is 95.9 cm³/mol. The van der Waals surface area contributed by atoms with Gasteiger partial charge in [0, 0.05) is 0 Å². The van der Waals surface area contributed by atoms with E-state index in [1.54, 1.807) is 6.07 Å². The lowest BCUT2D eigenvalue weighted by atomic mass is 9.87. The second-order valence-corrected chi connectivity index (χ2v) is 6.51. The van der Waals surface area contributed by atoms with Gasteiger partial charge in [0.25, 0.3) is 0 Å². The Bertz CT molecular complexity index is 793. The number of hydrogen-bond donors (Lipinski definition) is 2. The summed E-state index contributed by atoms with van der Waals surface area (Å²) in [4.78, 5) is 23.4. The van der Waals surface area contributed by atoms with Crippen LogP contribution >= 0.6 is 0 Å². The lowest BCUT2D eigenvalue weighted by molar-refractivity contribution is -0.136. The maximum atomic E-state index is 13.4. The number of carbonyl (C=O) groups excluding carboxylic acids is 2. The fourth-order valence-electron chi connectivity index (χ4n) is 2.03. The SMILES string of the molecule is CC(C)(C)c1ccc(/C=N\NC(=O)C(=O)Nc2ccccc2F)cc1. The first-order valence-electron chi connectivity index (χ1n) is 7.77. The third-order valence-electron chi connectivity index (χ3n) is 3.48. The normalized spacial score (nSPS) is 11.4. The molecule has 2 aromatic rings. The Balaban J connectivity index is 1.91. The molecule has 0 aliphatic carbocycles. The van der Waals surface area contributed by atoms with E-state index in [1.165, 1.54) is 30.0 Å². The number of benzene rings is 2. The Hall–Kier alpha value is -3.02. The van der Waals surface area contributed by atoms with E-state index in [0.717, 1.165) is 5.56 Å². The van der Waals surface area contributed by atoms with Crippen molar-refractivity contribution in [2.24, 2.45) is 5.10 Å². The standard InChI is InChI=1S/C19H20FN3O2/c1-19(2,3)14-10-8-13(9-11-14)12-21-23-18(25)17(24)22-16-7-5-4-6-15(16)20/h4-12H,1-3H3,(H,22,24)(H,23,25)/b21-12-. The van der Waals surface area contributed by atoms with Crippen molar-refractivity contribution in [1.29, 1.82) is 0 Å². The molecule has 2 rings (SSSR count). The molecule has 0 saturated heterocycles. The highest BCUT2D eigenvalue weighted by Crippen LogP contribution is 2.21. The average molecular weight is 341 g/mol. The van der Waals surface area contributed by atoms with Crippen molar-refractivity contribution in [2.45, 2.75) is 26.2 Å². The maximum Gasteiger partial charge on any atom is 0.329 e. The van der Waals surface area contributed by atoms with Gasteiger partial charge in [-0.2, -0.15) is 5.10 Å². The van der Waals surface area contributed by atoms with E-state index in [1.807, 2.05) is 24.3 Å². The van der Waals surface area contributed by atoms with Gasteiger partial charge in [-0.1, -0.05) is 57.2 Å². The zero-order chi connectivity index (χ0) is 18.4. The van der Waals surface area contributed by atoms with Gasteiger partial charge in [0.2, 0.25) is 0 Å². The quantitative estimate of drug-likeness (QED) is 0.511. The van der Waals surface area contributed by atoms with Crippen LogP contribution in [0.15, 0.2) is 53.6 Å². The zero-order valence-corrected chi connectivity index (χ0v) is 14.3. The lowest BCUT2D eigenvalue weighted by Gasteiger charge is -2.18. The molecule has 0 aliphatic rings. The first kappa shape index (κ1) is 18.3. The van der Waals surface area contributed by atoms with Crippen molar-refractivity contribution in [1.82, 2.24) is 5.43 Å². The molecule has 6 heteroatoms. The molecule has 5 nitrogen and oxygen atoms in total. The van der Waals surface area contributed by atoms with Crippen molar-refractivity contribution >= 4 is 23.7 Å². The van der Waals surface area contributed by atoms with Crippen LogP contribution in [0.5, 0.6) is 0 Å². The molecule has 2 N–H and O–H groups in total. The molecule has 2 amide bonds. The number of nitrogens with one attached hydrogen (secondary N) is 2. The summed E-state index contributed by atoms with van der Waals surface area (Å²) in [5, 5.41) is 5.92. The number of para-hydroxylation sites is 1. The van der Waals surface area contributed by atoms with Crippen LogP contribution in [-0.2, 0) is 15.0 Å². The summed E-state index contributed by atoms with van der Waals surface area (Å²) >= 11 is 0. The van der Waals surface area contributed by atoms with E-state index in [0.29, 0.717) is 0 Å². The highest BCUT2D eigenvalue weighted by Gasteiger charge is 2.15. The van der Waals surface area contributed by atoms with E-state index in [4.69, 9.17) is 0 Å². The van der Waals surface area contributed by atoms with E-state index in [9.17, 15) is 14.0 Å². The van der Waals surface area contributed by atoms with Crippen molar-refractivity contribution in [3.05, 3.63) is 65.5 Å². The van der Waals surface area contributed by atoms with E-state index in [-0.39, 0.29) is 11.1 Å². The van der Waals surface area contributed by atoms with Crippen LogP contribution in [0.1, 0.15) is 31.9 Å². The number of hydrazone groups is 1. The smallest absolute Gasteiger partial charge is 0.315 e. The molecular weight excluding hydrogens is 321 g/mol. The number of carbonyl (C=O) groups is 2. The van der Waals surface area contributed by atoms with Crippen LogP contribution in [0.2, 0.25) is 0 Å². The number of anilines is 1. The molecule has 25 heavy (non-hydrogen) atoms. The largest absolute Gasteiger partial charge is 0.329 e. The molecule has 130 valence electrons. The van der Waals surface area contributed by atoms with Gasteiger partial charge in [-0.3, -0.25) is 9.59 Å². The maximum absolute atomic E-state index is 13.4. The Labute approximate surface area is 145 Å². The molecule has 0 aliphatic heterocycles. The van der Waals surface area contributed by atoms with Gasteiger partial charge in [0.1, 0.15) is 5.82 Å². The minimum absolute atomic E-state index is 0.0503. The van der Waals surface area contributed by atoms with Gasteiger partial charge in [-0.15, -0.1) is 0 Å². The number of halogens is 1. The topological polar surface area (TPSA) is 70.6 Å². The summed E-state index contributed by atoms with van der Waals surface area (Å²) < 4.78 is 13.4. The zero-order valence-electron chi connectivity index (χ0n) is 14.3. The Morgan fingerprint density at radius 1 is 1.00 bits per heavy atom. The first-order valence-corrected chi connectivity index (χ1v) is 7.77. The van der Waals surface area contributed by atoms with Gasteiger partial charge in [-0.25, -0.2) is 9.82 Å². The fraction of sp³-hybridized carbons (Fsp3) is 0.211. The number of nitrogens with zero attached hydrogens (tertiary/aromatic N) is 1. The third kappa shape index (κ3) is 5.24. The summed E-state index contributed by atoms with van der Waals surface area (Å²) in [6.45, 7) is 6.35. The van der Waals surface area contributed by atoms with Crippen LogP contribution in [-0.4, -0.2) is 18.0 Å². The monoisotopic (exact) mass is 341 g/mol. The number of hydrogen-bond acceptors (Lipinski definition) is 3. The van der Waals surface area contributed by atoms with Gasteiger partial charge in [0.15, 0.2) is 0 Å². The lowest BCUT2D eigenvalue weighted by Crippen LogP contribution is -2.32. The summed E-state index contributed by atoms with van der Waals surface area (Å²) in [5.41, 5.74) is 4.06. The number of rotatable bonds is 3. The molecule has 0 bridgehead atoms. The second kappa shape index (κ2) is 7.70. The highest BCUT2D eigenvalue weighted by molar-refractivity contribution is 6.39. The molecule has 0 fully saturated rings. The second-order valence-electron chi connectivity index (χ2n) is 6.51. The third-order valence-corrected chi connectivity index (χ3v) is 3.48. The minimum atomic E-state index is -0.995.